The maximum Gasteiger partial charge on any atom is 0.412 e. The van der Waals surface area contributed by atoms with Gasteiger partial charge in [0, 0.05) is 18.2 Å². The zero-order valence-corrected chi connectivity index (χ0v) is 18.3. The van der Waals surface area contributed by atoms with Crippen LogP contribution >= 0.6 is 0 Å². The lowest BCUT2D eigenvalue weighted by Crippen LogP contribution is -2.28. The molecule has 1 aromatic heterocycles. The molecule has 0 spiro atoms. The average molecular weight is 459 g/mol. The first kappa shape index (κ1) is 21.3. The van der Waals surface area contributed by atoms with E-state index in [9.17, 15) is 4.79 Å². The lowest BCUT2D eigenvalue weighted by molar-refractivity contribution is 0.174. The standard InChI is InChI=1S/C24H21N5O5/c1-31-21-5-3-2-4-20(21)17-11-18(29-14-26-27-28-29)13-19(12-17)34-24(30)25-9-8-16-6-7-22-23(10-16)33-15-32-22/h2-7,10-14H,8-9,15H2,1H3,(H,25,30). The van der Waals surface area contributed by atoms with Crippen LogP contribution in [0.2, 0.25) is 0 Å². The molecular weight excluding hydrogens is 438 g/mol. The summed E-state index contributed by atoms with van der Waals surface area (Å²) in [5.41, 5.74) is 3.28. The Balaban J connectivity index is 1.31. The van der Waals surface area contributed by atoms with Crippen molar-refractivity contribution in [2.45, 2.75) is 6.42 Å². The van der Waals surface area contributed by atoms with E-state index in [4.69, 9.17) is 18.9 Å². The number of fused-ring (bicyclic) bond motifs is 1. The summed E-state index contributed by atoms with van der Waals surface area (Å²) in [7, 11) is 1.61. The lowest BCUT2D eigenvalue weighted by atomic mass is 10.0. The van der Waals surface area contributed by atoms with E-state index in [1.54, 1.807) is 19.2 Å². The summed E-state index contributed by atoms with van der Waals surface area (Å²) < 4.78 is 23.3. The Labute approximate surface area is 195 Å². The summed E-state index contributed by atoms with van der Waals surface area (Å²) in [5.74, 6) is 2.47. The third-order valence-corrected chi connectivity index (χ3v) is 5.25. The molecule has 10 nitrogen and oxygen atoms in total. The van der Waals surface area contributed by atoms with E-state index >= 15 is 0 Å². The van der Waals surface area contributed by atoms with Gasteiger partial charge in [-0.2, -0.15) is 0 Å². The first-order chi connectivity index (χ1) is 16.7. The highest BCUT2D eigenvalue weighted by atomic mass is 16.7. The van der Waals surface area contributed by atoms with Gasteiger partial charge in [0.1, 0.15) is 17.8 Å². The van der Waals surface area contributed by atoms with Crippen LogP contribution in [-0.4, -0.2) is 46.7 Å². The number of aromatic nitrogens is 4. The van der Waals surface area contributed by atoms with Crippen molar-refractivity contribution in [3.63, 3.8) is 0 Å². The minimum absolute atomic E-state index is 0.226. The number of amides is 1. The second-order valence-corrected chi connectivity index (χ2v) is 7.42. The largest absolute Gasteiger partial charge is 0.496 e. The number of hydrogen-bond donors (Lipinski definition) is 1. The number of nitrogens with zero attached hydrogens (tertiary/aromatic N) is 4. The van der Waals surface area contributed by atoms with E-state index in [0.717, 1.165) is 22.4 Å². The molecule has 4 aromatic rings. The fraction of sp³-hybridized carbons (Fsp3) is 0.167. The number of nitrogens with one attached hydrogen (secondary N) is 1. The van der Waals surface area contributed by atoms with E-state index in [-0.39, 0.29) is 6.79 Å². The molecule has 0 radical (unpaired) electrons. The number of para-hydroxylation sites is 1. The molecule has 0 saturated heterocycles. The molecule has 3 aromatic carbocycles. The van der Waals surface area contributed by atoms with Gasteiger partial charge in [0.05, 0.1) is 12.8 Å². The molecule has 0 bridgehead atoms. The Kier molecular flexibility index (Phi) is 5.93. The van der Waals surface area contributed by atoms with Crippen LogP contribution in [0, 0.1) is 0 Å². The minimum Gasteiger partial charge on any atom is -0.496 e. The van der Waals surface area contributed by atoms with Gasteiger partial charge in [0.2, 0.25) is 6.79 Å². The van der Waals surface area contributed by atoms with Crippen molar-refractivity contribution in [2.24, 2.45) is 0 Å². The summed E-state index contributed by atoms with van der Waals surface area (Å²) in [6, 6.07) is 18.6. The van der Waals surface area contributed by atoms with Crippen molar-refractivity contribution in [1.29, 1.82) is 0 Å². The van der Waals surface area contributed by atoms with E-state index in [2.05, 4.69) is 20.8 Å². The molecule has 0 aliphatic carbocycles. The fourth-order valence-corrected chi connectivity index (χ4v) is 3.64. The molecule has 10 heteroatoms. The van der Waals surface area contributed by atoms with Gasteiger partial charge in [-0.05, 0) is 58.3 Å². The van der Waals surface area contributed by atoms with Crippen molar-refractivity contribution in [3.05, 3.63) is 72.6 Å². The van der Waals surface area contributed by atoms with Crippen LogP contribution < -0.4 is 24.3 Å². The molecule has 5 rings (SSSR count). The molecule has 172 valence electrons. The van der Waals surface area contributed by atoms with Gasteiger partial charge in [-0.3, -0.25) is 0 Å². The molecular formula is C24H21N5O5. The molecule has 0 atom stereocenters. The Hall–Kier alpha value is -4.60. The molecule has 1 amide bonds. The number of ether oxygens (including phenoxy) is 4. The Bertz CT molecular complexity index is 1310. The SMILES string of the molecule is COc1ccccc1-c1cc(OC(=O)NCCc2ccc3c(c2)OCO3)cc(-n2cnnn2)c1. The second-order valence-electron chi connectivity index (χ2n) is 7.42. The number of methoxy groups -OCH3 is 1. The highest BCUT2D eigenvalue weighted by molar-refractivity contribution is 5.76. The first-order valence-corrected chi connectivity index (χ1v) is 10.6. The zero-order valence-electron chi connectivity index (χ0n) is 18.3. The number of tetrazole rings is 1. The van der Waals surface area contributed by atoms with Crippen molar-refractivity contribution in [3.8, 4) is 39.8 Å². The van der Waals surface area contributed by atoms with Crippen molar-refractivity contribution in [1.82, 2.24) is 25.5 Å². The monoisotopic (exact) mass is 459 g/mol. The van der Waals surface area contributed by atoms with Gasteiger partial charge in [0.25, 0.3) is 0 Å². The van der Waals surface area contributed by atoms with Crippen LogP contribution in [0.3, 0.4) is 0 Å². The number of carbonyl (C=O) groups excluding carboxylic acids is 1. The summed E-state index contributed by atoms with van der Waals surface area (Å²) in [5, 5.41) is 14.1. The van der Waals surface area contributed by atoms with Crippen LogP contribution in [0.4, 0.5) is 4.79 Å². The Morgan fingerprint density at radius 3 is 2.82 bits per heavy atom. The molecule has 34 heavy (non-hydrogen) atoms. The van der Waals surface area contributed by atoms with Crippen LogP contribution in [0.15, 0.2) is 67.0 Å². The number of rotatable bonds is 7. The second kappa shape index (κ2) is 9.49. The average Bonchev–Trinajstić information content (AvgIpc) is 3.56. The number of carbonyl (C=O) groups is 1. The minimum atomic E-state index is -0.569. The summed E-state index contributed by atoms with van der Waals surface area (Å²) in [6.45, 7) is 0.619. The molecule has 2 heterocycles. The summed E-state index contributed by atoms with van der Waals surface area (Å²) >= 11 is 0. The fourth-order valence-electron chi connectivity index (χ4n) is 3.64. The highest BCUT2D eigenvalue weighted by Crippen LogP contribution is 2.34. The number of hydrogen-bond acceptors (Lipinski definition) is 8. The van der Waals surface area contributed by atoms with Gasteiger partial charge in [0.15, 0.2) is 11.5 Å². The predicted molar refractivity (Wildman–Crippen MR) is 121 cm³/mol. The van der Waals surface area contributed by atoms with Gasteiger partial charge >= 0.3 is 6.09 Å². The number of benzene rings is 3. The lowest BCUT2D eigenvalue weighted by Gasteiger charge is -2.13. The molecule has 1 aliphatic rings. The van der Waals surface area contributed by atoms with E-state index < -0.39 is 6.09 Å². The van der Waals surface area contributed by atoms with E-state index in [1.807, 2.05) is 48.5 Å². The zero-order chi connectivity index (χ0) is 23.3. The van der Waals surface area contributed by atoms with Gasteiger partial charge < -0.3 is 24.3 Å². The quantitative estimate of drug-likeness (QED) is 0.448. The third-order valence-electron chi connectivity index (χ3n) is 5.25. The molecule has 1 aliphatic heterocycles. The highest BCUT2D eigenvalue weighted by Gasteiger charge is 2.15. The molecule has 1 N–H and O–H groups in total. The van der Waals surface area contributed by atoms with Crippen LogP contribution in [0.25, 0.3) is 16.8 Å². The summed E-state index contributed by atoms with van der Waals surface area (Å²) in [4.78, 5) is 12.5. The third kappa shape index (κ3) is 4.60. The van der Waals surface area contributed by atoms with Crippen LogP contribution in [-0.2, 0) is 6.42 Å². The maximum absolute atomic E-state index is 12.5. The van der Waals surface area contributed by atoms with Gasteiger partial charge in [-0.25, -0.2) is 9.48 Å². The Morgan fingerprint density at radius 2 is 1.97 bits per heavy atom. The van der Waals surface area contributed by atoms with Gasteiger partial charge in [-0.15, -0.1) is 5.10 Å². The summed E-state index contributed by atoms with van der Waals surface area (Å²) in [6.07, 6.45) is 1.51. The Morgan fingerprint density at radius 1 is 1.09 bits per heavy atom. The van der Waals surface area contributed by atoms with Crippen molar-refractivity contribution in [2.75, 3.05) is 20.4 Å². The normalized spacial score (nSPS) is 11.8. The molecule has 0 unspecified atom stereocenters. The van der Waals surface area contributed by atoms with E-state index in [0.29, 0.717) is 35.9 Å². The van der Waals surface area contributed by atoms with E-state index in [1.165, 1.54) is 11.0 Å². The maximum atomic E-state index is 12.5. The smallest absolute Gasteiger partial charge is 0.412 e. The van der Waals surface area contributed by atoms with Gasteiger partial charge in [-0.1, -0.05) is 24.3 Å². The topological polar surface area (TPSA) is 110 Å². The predicted octanol–water partition coefficient (Wildman–Crippen LogP) is 3.40. The first-order valence-electron chi connectivity index (χ1n) is 10.6. The van der Waals surface area contributed by atoms with Crippen LogP contribution in [0.5, 0.6) is 23.0 Å². The molecule has 0 saturated carbocycles. The van der Waals surface area contributed by atoms with Crippen molar-refractivity contribution < 1.29 is 23.7 Å². The molecule has 0 fully saturated rings. The van der Waals surface area contributed by atoms with Crippen molar-refractivity contribution >= 4 is 6.09 Å². The van der Waals surface area contributed by atoms with Crippen LogP contribution in [0.1, 0.15) is 5.56 Å².